The van der Waals surface area contributed by atoms with Crippen molar-refractivity contribution in [3.05, 3.63) is 0 Å². The molecular formula is C9H21NO2S. The number of hydrogen-bond acceptors (Lipinski definition) is 2. The Morgan fingerprint density at radius 1 is 1.31 bits per heavy atom. The first-order valence-electron chi connectivity index (χ1n) is 4.68. The summed E-state index contributed by atoms with van der Waals surface area (Å²) in [6.07, 6.45) is 0. The maximum atomic E-state index is 11.2. The first-order chi connectivity index (χ1) is 5.71. The molecule has 3 nitrogen and oxygen atoms in total. The van der Waals surface area contributed by atoms with E-state index in [4.69, 9.17) is 0 Å². The average molecular weight is 207 g/mol. The van der Waals surface area contributed by atoms with Gasteiger partial charge in [-0.1, -0.05) is 27.7 Å². The minimum absolute atomic E-state index is 0.0161. The molecule has 0 rings (SSSR count). The predicted octanol–water partition coefficient (Wildman–Crippen LogP) is 1.61. The van der Waals surface area contributed by atoms with Gasteiger partial charge in [-0.3, -0.25) is 0 Å². The highest BCUT2D eigenvalue weighted by molar-refractivity contribution is 7.89. The van der Waals surface area contributed by atoms with Gasteiger partial charge < -0.3 is 0 Å². The van der Waals surface area contributed by atoms with Crippen LogP contribution in [0.25, 0.3) is 0 Å². The highest BCUT2D eigenvalue weighted by atomic mass is 32.2. The number of rotatable bonds is 5. The van der Waals surface area contributed by atoms with Crippen LogP contribution >= 0.6 is 0 Å². The van der Waals surface area contributed by atoms with E-state index in [2.05, 4.69) is 32.4 Å². The van der Waals surface area contributed by atoms with Crippen LogP contribution in [0, 0.1) is 11.3 Å². The lowest BCUT2D eigenvalue weighted by Gasteiger charge is -2.29. The summed E-state index contributed by atoms with van der Waals surface area (Å²) in [5.41, 5.74) is 0.0161. The number of nitrogens with one attached hydrogen (secondary N) is 1. The lowest BCUT2D eigenvalue weighted by atomic mass is 9.81. The van der Waals surface area contributed by atoms with Gasteiger partial charge in [-0.15, -0.1) is 0 Å². The van der Waals surface area contributed by atoms with Crippen molar-refractivity contribution < 1.29 is 8.42 Å². The van der Waals surface area contributed by atoms with Crippen LogP contribution in [0.5, 0.6) is 0 Å². The fourth-order valence-electron chi connectivity index (χ4n) is 0.602. The zero-order valence-corrected chi connectivity index (χ0v) is 10.0. The molecule has 0 amide bonds. The lowest BCUT2D eigenvalue weighted by Crippen LogP contribution is -2.37. The van der Waals surface area contributed by atoms with E-state index in [0.717, 1.165) is 0 Å². The van der Waals surface area contributed by atoms with Crippen molar-refractivity contribution in [3.8, 4) is 0 Å². The third-order valence-corrected chi connectivity index (χ3v) is 4.03. The van der Waals surface area contributed by atoms with Crippen LogP contribution in [-0.4, -0.2) is 20.7 Å². The third-order valence-electron chi connectivity index (χ3n) is 2.69. The Kier molecular flexibility index (Phi) is 4.39. The summed E-state index contributed by atoms with van der Waals surface area (Å²) in [6, 6.07) is 0. The van der Waals surface area contributed by atoms with Crippen LogP contribution in [0.3, 0.4) is 0 Å². The van der Waals surface area contributed by atoms with Crippen LogP contribution < -0.4 is 4.72 Å². The van der Waals surface area contributed by atoms with Gasteiger partial charge in [0.15, 0.2) is 0 Å². The monoisotopic (exact) mass is 207 g/mol. The van der Waals surface area contributed by atoms with E-state index in [0.29, 0.717) is 12.5 Å². The van der Waals surface area contributed by atoms with Crippen LogP contribution in [0.2, 0.25) is 0 Å². The molecule has 0 heterocycles. The Morgan fingerprint density at radius 2 is 1.77 bits per heavy atom. The minimum Gasteiger partial charge on any atom is -0.215 e. The SMILES string of the molecule is CCS(=O)(=O)NCC(C)(C)C(C)C. The maximum absolute atomic E-state index is 11.2. The van der Waals surface area contributed by atoms with E-state index in [1.165, 1.54) is 0 Å². The predicted molar refractivity (Wildman–Crippen MR) is 56.1 cm³/mol. The first kappa shape index (κ1) is 12.9. The van der Waals surface area contributed by atoms with Gasteiger partial charge in [-0.25, -0.2) is 13.1 Å². The summed E-state index contributed by atoms with van der Waals surface area (Å²) in [4.78, 5) is 0. The molecule has 0 aromatic carbocycles. The van der Waals surface area contributed by atoms with Gasteiger partial charge in [-0.05, 0) is 18.3 Å². The highest BCUT2D eigenvalue weighted by Gasteiger charge is 2.23. The van der Waals surface area contributed by atoms with Crippen LogP contribution in [0.15, 0.2) is 0 Å². The molecule has 0 unspecified atom stereocenters. The van der Waals surface area contributed by atoms with Gasteiger partial charge >= 0.3 is 0 Å². The first-order valence-corrected chi connectivity index (χ1v) is 6.34. The summed E-state index contributed by atoms with van der Waals surface area (Å²) in [6.45, 7) is 10.5. The Hall–Kier alpha value is -0.0900. The smallest absolute Gasteiger partial charge is 0.211 e. The largest absolute Gasteiger partial charge is 0.215 e. The topological polar surface area (TPSA) is 46.2 Å². The second kappa shape index (κ2) is 4.42. The zero-order chi connectivity index (χ0) is 10.7. The standard InChI is InChI=1S/C9H21NO2S/c1-6-13(11,12)10-7-9(4,5)8(2)3/h8,10H,6-7H2,1-5H3. The van der Waals surface area contributed by atoms with E-state index in [-0.39, 0.29) is 11.2 Å². The van der Waals surface area contributed by atoms with E-state index in [1.54, 1.807) is 6.92 Å². The molecule has 0 saturated carbocycles. The minimum atomic E-state index is -3.04. The fourth-order valence-corrected chi connectivity index (χ4v) is 1.40. The molecule has 0 radical (unpaired) electrons. The van der Waals surface area contributed by atoms with Gasteiger partial charge in [0.2, 0.25) is 10.0 Å². The Morgan fingerprint density at radius 3 is 2.08 bits per heavy atom. The summed E-state index contributed by atoms with van der Waals surface area (Å²) in [5, 5.41) is 0. The normalized spacial score (nSPS) is 13.7. The van der Waals surface area contributed by atoms with Gasteiger partial charge in [0.25, 0.3) is 0 Å². The average Bonchev–Trinajstić information content (AvgIpc) is 2.01. The highest BCUT2D eigenvalue weighted by Crippen LogP contribution is 2.24. The fraction of sp³-hybridized carbons (Fsp3) is 1.00. The van der Waals surface area contributed by atoms with Crippen molar-refractivity contribution in [1.82, 2.24) is 4.72 Å². The summed E-state index contributed by atoms with van der Waals surface area (Å²) < 4.78 is 24.9. The zero-order valence-electron chi connectivity index (χ0n) is 9.22. The molecule has 0 saturated heterocycles. The molecule has 0 atom stereocenters. The van der Waals surface area contributed by atoms with Crippen LogP contribution in [-0.2, 0) is 10.0 Å². The summed E-state index contributed by atoms with van der Waals surface area (Å²) >= 11 is 0. The molecule has 0 aromatic rings. The van der Waals surface area contributed by atoms with Gasteiger partial charge in [0, 0.05) is 6.54 Å². The molecule has 80 valence electrons. The Bertz CT molecular complexity index is 242. The van der Waals surface area contributed by atoms with Crippen LogP contribution in [0.1, 0.15) is 34.6 Å². The van der Waals surface area contributed by atoms with Gasteiger partial charge in [-0.2, -0.15) is 0 Å². The van der Waals surface area contributed by atoms with Gasteiger partial charge in [0.1, 0.15) is 0 Å². The van der Waals surface area contributed by atoms with Crippen molar-refractivity contribution in [2.45, 2.75) is 34.6 Å². The van der Waals surface area contributed by atoms with Crippen LogP contribution in [0.4, 0.5) is 0 Å². The van der Waals surface area contributed by atoms with E-state index < -0.39 is 10.0 Å². The molecule has 1 N–H and O–H groups in total. The molecule has 0 aromatic heterocycles. The van der Waals surface area contributed by atoms with Crippen molar-refractivity contribution >= 4 is 10.0 Å². The summed E-state index contributed by atoms with van der Waals surface area (Å²) in [5.74, 6) is 0.619. The number of hydrogen-bond donors (Lipinski definition) is 1. The van der Waals surface area contributed by atoms with Gasteiger partial charge in [0.05, 0.1) is 5.75 Å². The Labute approximate surface area is 82.0 Å². The molecular weight excluding hydrogens is 186 g/mol. The van der Waals surface area contributed by atoms with E-state index in [9.17, 15) is 8.42 Å². The van der Waals surface area contributed by atoms with E-state index >= 15 is 0 Å². The maximum Gasteiger partial charge on any atom is 0.211 e. The molecule has 0 aliphatic rings. The second-order valence-electron chi connectivity index (χ2n) is 4.37. The molecule has 0 spiro atoms. The van der Waals surface area contributed by atoms with Crippen molar-refractivity contribution in [3.63, 3.8) is 0 Å². The molecule has 0 bridgehead atoms. The second-order valence-corrected chi connectivity index (χ2v) is 6.46. The van der Waals surface area contributed by atoms with E-state index in [1.807, 2.05) is 0 Å². The lowest BCUT2D eigenvalue weighted by molar-refractivity contribution is 0.252. The number of sulfonamides is 1. The quantitative estimate of drug-likeness (QED) is 0.744. The Balaban J connectivity index is 4.18. The molecule has 13 heavy (non-hydrogen) atoms. The van der Waals surface area contributed by atoms with Crippen molar-refractivity contribution in [2.75, 3.05) is 12.3 Å². The van der Waals surface area contributed by atoms with Crippen molar-refractivity contribution in [1.29, 1.82) is 0 Å². The summed E-state index contributed by atoms with van der Waals surface area (Å²) in [7, 11) is -3.04. The third kappa shape index (κ3) is 4.62. The molecule has 0 aliphatic heterocycles. The molecule has 0 aliphatic carbocycles. The molecule has 4 heteroatoms. The van der Waals surface area contributed by atoms with Crippen molar-refractivity contribution in [2.24, 2.45) is 11.3 Å². The molecule has 0 fully saturated rings.